The van der Waals surface area contributed by atoms with Crippen LogP contribution in [0.5, 0.6) is 0 Å². The van der Waals surface area contributed by atoms with E-state index in [0.29, 0.717) is 0 Å². The summed E-state index contributed by atoms with van der Waals surface area (Å²) in [5, 5.41) is 4.38. The zero-order valence-electron chi connectivity index (χ0n) is 19.7. The predicted molar refractivity (Wildman–Crippen MR) is 135 cm³/mol. The minimum atomic E-state index is -5.76. The second kappa shape index (κ2) is 11.2. The van der Waals surface area contributed by atoms with Crippen molar-refractivity contribution >= 4 is 75.2 Å². The number of nitrogens with one attached hydrogen (secondary N) is 2. The summed E-state index contributed by atoms with van der Waals surface area (Å²) < 4.78 is 65.8. The molecular formula is C15H18N7O14P3S2. The highest BCUT2D eigenvalue weighted by molar-refractivity contribution is 7.71. The third-order valence-electron chi connectivity index (χ3n) is 5.28. The number of fused-ring (bicyclic) bond motifs is 2. The van der Waals surface area contributed by atoms with Crippen LogP contribution in [-0.2, 0) is 45.8 Å². The Morgan fingerprint density at radius 3 is 2.56 bits per heavy atom. The van der Waals surface area contributed by atoms with E-state index in [-0.39, 0.29) is 26.9 Å². The molecule has 224 valence electrons. The van der Waals surface area contributed by atoms with Gasteiger partial charge >= 0.3 is 23.5 Å². The standard InChI is InChI=1S/C15H18N7O14P3S2/c16-14-19-9-6(11(40)21-14)18-4-22(9)12-8-7(33-13(34-8)10(23)20-15-17-1-2-41-15)5(32-12)3-31-38(27,28)36-39(29,30)35-37(24,25)26/h1-2,4-5,7-8,12-13H,3H2,(H,27,28)(H,29,30)(H,17,20,23)(H2,24,25,26)(H3,16,19,21,40). The fourth-order valence-corrected chi connectivity index (χ4v) is 7.69. The maximum absolute atomic E-state index is 12.8. The molecule has 0 aliphatic carbocycles. The molecular weight excluding hydrogens is 659 g/mol. The highest BCUT2D eigenvalue weighted by atomic mass is 32.1. The summed E-state index contributed by atoms with van der Waals surface area (Å²) >= 11 is 6.31. The molecule has 8 N–H and O–H groups in total. The van der Waals surface area contributed by atoms with Crippen molar-refractivity contribution in [3.63, 3.8) is 0 Å². The van der Waals surface area contributed by atoms with Crippen molar-refractivity contribution in [1.29, 1.82) is 0 Å². The number of amides is 1. The Morgan fingerprint density at radius 2 is 1.88 bits per heavy atom. The fourth-order valence-electron chi connectivity index (χ4n) is 3.88. The number of carbonyl (C=O) groups is 1. The minimum absolute atomic E-state index is 0.0488. The third-order valence-corrected chi connectivity index (χ3v) is 10.1. The molecule has 7 atom stereocenters. The summed E-state index contributed by atoms with van der Waals surface area (Å²) in [5.74, 6) is -0.782. The van der Waals surface area contributed by atoms with E-state index < -0.39 is 66.8 Å². The van der Waals surface area contributed by atoms with E-state index in [1.807, 2.05) is 0 Å². The summed E-state index contributed by atoms with van der Waals surface area (Å²) in [7, 11) is -16.9. The van der Waals surface area contributed by atoms with E-state index in [1.165, 1.54) is 17.1 Å². The molecule has 5 heterocycles. The molecule has 2 aliphatic heterocycles. The average molecular weight is 677 g/mol. The van der Waals surface area contributed by atoms with Crippen LogP contribution in [-0.4, -0.2) is 81.2 Å². The lowest BCUT2D eigenvalue weighted by atomic mass is 10.1. The number of rotatable bonds is 10. The Balaban J connectivity index is 1.38. The molecule has 1 amide bonds. The number of phosphoric acid groups is 3. The Kier molecular flexibility index (Phi) is 8.33. The molecule has 0 saturated carbocycles. The SMILES string of the molecule is Nc1nc(=S)c2ncn(C3OC(COP(=O)(O)OP(=O)(O)OP(=O)(O)O)C4OC(C(=O)Nc5nccs5)OC43)c2[nH]1. The van der Waals surface area contributed by atoms with Gasteiger partial charge in [0.15, 0.2) is 21.9 Å². The van der Waals surface area contributed by atoms with Crippen LogP contribution in [0.2, 0.25) is 0 Å². The number of thiazole rings is 1. The van der Waals surface area contributed by atoms with Gasteiger partial charge in [-0.05, 0) is 0 Å². The van der Waals surface area contributed by atoms with Crippen molar-refractivity contribution in [2.45, 2.75) is 30.8 Å². The minimum Gasteiger partial charge on any atom is -0.369 e. The number of H-pyrrole nitrogens is 1. The van der Waals surface area contributed by atoms with Gasteiger partial charge in [0, 0.05) is 11.6 Å². The van der Waals surface area contributed by atoms with Gasteiger partial charge in [0.05, 0.1) is 12.9 Å². The normalized spacial score (nSPS) is 27.4. The Bertz CT molecular complexity index is 1660. The molecule has 0 aromatic carbocycles. The second-order valence-electron chi connectivity index (χ2n) is 8.09. The molecule has 41 heavy (non-hydrogen) atoms. The van der Waals surface area contributed by atoms with E-state index in [1.54, 1.807) is 5.38 Å². The number of aromatic amines is 1. The average Bonchev–Trinajstić information content (AvgIpc) is 3.59. The van der Waals surface area contributed by atoms with Gasteiger partial charge in [0.1, 0.15) is 29.5 Å². The number of hydrogen-bond acceptors (Lipinski definition) is 16. The first-order valence-corrected chi connectivity index (χ1v) is 16.6. The van der Waals surface area contributed by atoms with Gasteiger partial charge in [-0.15, -0.1) is 11.3 Å². The molecule has 2 fully saturated rings. The van der Waals surface area contributed by atoms with Crippen LogP contribution in [0, 0.1) is 4.64 Å². The summed E-state index contributed by atoms with van der Waals surface area (Å²) in [5.41, 5.74) is 6.26. The van der Waals surface area contributed by atoms with Crippen molar-refractivity contribution in [3.8, 4) is 0 Å². The first-order chi connectivity index (χ1) is 19.1. The lowest BCUT2D eigenvalue weighted by Gasteiger charge is -2.22. The molecule has 0 bridgehead atoms. The molecule has 0 spiro atoms. The third kappa shape index (κ3) is 6.96. The van der Waals surface area contributed by atoms with Crippen molar-refractivity contribution in [2.75, 3.05) is 17.7 Å². The number of imidazole rings is 1. The van der Waals surface area contributed by atoms with Crippen LogP contribution >= 0.6 is 47.0 Å². The monoisotopic (exact) mass is 677 g/mol. The number of hydrogen-bond donors (Lipinski definition) is 7. The van der Waals surface area contributed by atoms with Crippen LogP contribution in [0.15, 0.2) is 17.9 Å². The molecule has 21 nitrogen and oxygen atoms in total. The maximum atomic E-state index is 12.8. The van der Waals surface area contributed by atoms with E-state index in [9.17, 15) is 28.3 Å². The topological polar surface area (TPSA) is 302 Å². The van der Waals surface area contributed by atoms with Crippen LogP contribution in [0.4, 0.5) is 11.1 Å². The Hall–Kier alpha value is -2.04. The lowest BCUT2D eigenvalue weighted by molar-refractivity contribution is -0.166. The number of nitrogens with two attached hydrogens (primary N) is 1. The van der Waals surface area contributed by atoms with E-state index >= 15 is 0 Å². The zero-order chi connectivity index (χ0) is 29.7. The van der Waals surface area contributed by atoms with Gasteiger partial charge in [-0.25, -0.2) is 28.6 Å². The highest BCUT2D eigenvalue weighted by Crippen LogP contribution is 2.66. The molecule has 0 radical (unpaired) electrons. The molecule has 7 unspecified atom stereocenters. The molecule has 2 aliphatic rings. The van der Waals surface area contributed by atoms with Gasteiger partial charge < -0.3 is 44.5 Å². The molecule has 2 saturated heterocycles. The Labute approximate surface area is 236 Å². The van der Waals surface area contributed by atoms with Crippen molar-refractivity contribution in [1.82, 2.24) is 24.5 Å². The quantitative estimate of drug-likeness (QED) is 0.114. The lowest BCUT2D eigenvalue weighted by Crippen LogP contribution is -2.34. The number of aromatic nitrogens is 5. The first kappa shape index (κ1) is 30.4. The number of nitrogens with zero attached hydrogens (tertiary/aromatic N) is 4. The number of nitrogen functional groups attached to an aromatic ring is 1. The van der Waals surface area contributed by atoms with Crippen molar-refractivity contribution in [3.05, 3.63) is 22.5 Å². The van der Waals surface area contributed by atoms with E-state index in [4.69, 9.17) is 46.5 Å². The van der Waals surface area contributed by atoms with Crippen LogP contribution in [0.25, 0.3) is 11.2 Å². The zero-order valence-corrected chi connectivity index (χ0v) is 24.0. The van der Waals surface area contributed by atoms with Gasteiger partial charge in [0.25, 0.3) is 5.91 Å². The molecule has 26 heteroatoms. The molecule has 5 rings (SSSR count). The number of phosphoric ester groups is 1. The smallest absolute Gasteiger partial charge is 0.369 e. The summed E-state index contributed by atoms with van der Waals surface area (Å²) in [4.78, 5) is 64.2. The molecule has 3 aromatic heterocycles. The van der Waals surface area contributed by atoms with Crippen molar-refractivity contribution < 1.29 is 65.4 Å². The maximum Gasteiger partial charge on any atom is 0.490 e. The first-order valence-electron chi connectivity index (χ1n) is 10.8. The summed E-state index contributed by atoms with van der Waals surface area (Å²) in [6.45, 7) is -0.877. The van der Waals surface area contributed by atoms with Crippen LogP contribution in [0.3, 0.4) is 0 Å². The Morgan fingerprint density at radius 1 is 1.15 bits per heavy atom. The van der Waals surface area contributed by atoms with Gasteiger partial charge in [0.2, 0.25) is 6.29 Å². The summed E-state index contributed by atoms with van der Waals surface area (Å²) in [6.07, 6.45) is -3.41. The number of carbonyl (C=O) groups excluding carboxylic acids is 1. The van der Waals surface area contributed by atoms with Crippen molar-refractivity contribution in [2.24, 2.45) is 0 Å². The molecule has 3 aromatic rings. The van der Waals surface area contributed by atoms with Gasteiger partial charge in [-0.2, -0.15) is 8.62 Å². The largest absolute Gasteiger partial charge is 0.490 e. The number of ether oxygens (including phenoxy) is 3. The van der Waals surface area contributed by atoms with Gasteiger partial charge in [-0.1, -0.05) is 12.2 Å². The highest BCUT2D eigenvalue weighted by Gasteiger charge is 2.56. The number of anilines is 2. The summed E-state index contributed by atoms with van der Waals surface area (Å²) in [6, 6.07) is 0. The van der Waals surface area contributed by atoms with E-state index in [0.717, 1.165) is 11.3 Å². The van der Waals surface area contributed by atoms with E-state index in [2.05, 4.69) is 33.9 Å². The predicted octanol–water partition coefficient (Wildman–Crippen LogP) is 0.517. The van der Waals surface area contributed by atoms with Gasteiger partial charge in [-0.3, -0.25) is 19.2 Å². The van der Waals surface area contributed by atoms with Crippen LogP contribution < -0.4 is 11.1 Å². The second-order valence-corrected chi connectivity index (χ2v) is 13.8. The van der Waals surface area contributed by atoms with Crippen LogP contribution in [0.1, 0.15) is 6.23 Å². The fraction of sp³-hybridized carbons (Fsp3) is 0.400.